The van der Waals surface area contributed by atoms with E-state index < -0.39 is 0 Å². The third-order valence-electron chi connectivity index (χ3n) is 3.57. The number of nitrogens with zero attached hydrogens (tertiary/aromatic N) is 2. The smallest absolute Gasteiger partial charge is 0.254 e. The highest BCUT2D eigenvalue weighted by Gasteiger charge is 2.23. The van der Waals surface area contributed by atoms with Crippen LogP contribution in [0.1, 0.15) is 10.4 Å². The van der Waals surface area contributed by atoms with Gasteiger partial charge in [0.1, 0.15) is 0 Å². The zero-order chi connectivity index (χ0) is 14.8. The number of hydrogen-bond acceptors (Lipinski definition) is 3. The maximum absolute atomic E-state index is 12.4. The van der Waals surface area contributed by atoms with Gasteiger partial charge in [-0.25, -0.2) is 0 Å². The van der Waals surface area contributed by atoms with Gasteiger partial charge in [0.2, 0.25) is 0 Å². The highest BCUT2D eigenvalue weighted by molar-refractivity contribution is 9.11. The maximum atomic E-state index is 12.4. The lowest BCUT2D eigenvalue weighted by molar-refractivity contribution is 0.0747. The summed E-state index contributed by atoms with van der Waals surface area (Å²) < 4.78 is 0.987. The third kappa shape index (κ3) is 3.25. The van der Waals surface area contributed by atoms with Gasteiger partial charge in [0.25, 0.3) is 5.91 Å². The first-order chi connectivity index (χ1) is 10.1. The Balaban J connectivity index is 1.65. The summed E-state index contributed by atoms with van der Waals surface area (Å²) >= 11 is 11.2. The van der Waals surface area contributed by atoms with E-state index in [0.717, 1.165) is 46.2 Å². The van der Waals surface area contributed by atoms with E-state index in [1.54, 1.807) is 0 Å². The van der Waals surface area contributed by atoms with Crippen molar-refractivity contribution in [3.63, 3.8) is 0 Å². The normalized spacial score (nSPS) is 15.3. The minimum Gasteiger partial charge on any atom is -0.367 e. The first kappa shape index (κ1) is 14.9. The van der Waals surface area contributed by atoms with Gasteiger partial charge in [0, 0.05) is 31.6 Å². The number of carbonyl (C=O) groups excluding carboxylic acids is 1. The van der Waals surface area contributed by atoms with E-state index in [1.807, 2.05) is 40.6 Å². The molecule has 2 aromatic rings. The van der Waals surface area contributed by atoms with Gasteiger partial charge in [0.05, 0.1) is 20.1 Å². The molecule has 1 saturated heterocycles. The molecule has 1 amide bonds. The molecule has 1 aromatic heterocycles. The molecular formula is C15H14BrClN2OS. The second-order valence-electron chi connectivity index (χ2n) is 4.87. The summed E-state index contributed by atoms with van der Waals surface area (Å²) in [4.78, 5) is 16.5. The van der Waals surface area contributed by atoms with Crippen molar-refractivity contribution in [2.24, 2.45) is 0 Å². The van der Waals surface area contributed by atoms with Gasteiger partial charge < -0.3 is 9.80 Å². The molecule has 6 heteroatoms. The molecule has 3 nitrogen and oxygen atoms in total. The quantitative estimate of drug-likeness (QED) is 0.776. The molecule has 2 heterocycles. The van der Waals surface area contributed by atoms with E-state index in [0.29, 0.717) is 0 Å². The van der Waals surface area contributed by atoms with Gasteiger partial charge in [-0.15, -0.1) is 11.3 Å². The molecule has 0 spiro atoms. The van der Waals surface area contributed by atoms with E-state index in [-0.39, 0.29) is 5.91 Å². The van der Waals surface area contributed by atoms with E-state index in [2.05, 4.69) is 20.8 Å². The van der Waals surface area contributed by atoms with Crippen LogP contribution in [0.25, 0.3) is 0 Å². The summed E-state index contributed by atoms with van der Waals surface area (Å²) in [5, 5.41) is 2.66. The zero-order valence-electron chi connectivity index (χ0n) is 11.3. The van der Waals surface area contributed by atoms with Crippen LogP contribution >= 0.6 is 38.9 Å². The SMILES string of the molecule is O=C(c1csc(Br)c1)N1CCN(c2ccccc2Cl)CC1. The highest BCUT2D eigenvalue weighted by atomic mass is 79.9. The molecule has 0 N–H and O–H groups in total. The van der Waals surface area contributed by atoms with Crippen LogP contribution in [0.2, 0.25) is 5.02 Å². The van der Waals surface area contributed by atoms with Crippen molar-refractivity contribution in [1.82, 2.24) is 4.90 Å². The average Bonchev–Trinajstić information content (AvgIpc) is 2.94. The number of thiophene rings is 1. The highest BCUT2D eigenvalue weighted by Crippen LogP contribution is 2.27. The standard InChI is InChI=1S/C15H14BrClN2OS/c16-14-9-11(10-21-14)15(20)19-7-5-18(6-8-19)13-4-2-1-3-12(13)17/h1-4,9-10H,5-8H2. The molecule has 0 radical (unpaired) electrons. The topological polar surface area (TPSA) is 23.6 Å². The molecule has 1 aromatic carbocycles. The van der Waals surface area contributed by atoms with Crippen molar-refractivity contribution < 1.29 is 4.79 Å². The Kier molecular flexibility index (Phi) is 4.52. The van der Waals surface area contributed by atoms with Crippen LogP contribution in [0.15, 0.2) is 39.5 Å². The number of benzene rings is 1. The zero-order valence-corrected chi connectivity index (χ0v) is 14.4. The van der Waals surface area contributed by atoms with Gasteiger partial charge in [-0.05, 0) is 34.1 Å². The average molecular weight is 386 g/mol. The van der Waals surface area contributed by atoms with Gasteiger partial charge in [-0.3, -0.25) is 4.79 Å². The second kappa shape index (κ2) is 6.38. The Morgan fingerprint density at radius 3 is 2.52 bits per heavy atom. The number of rotatable bonds is 2. The number of halogens is 2. The Morgan fingerprint density at radius 1 is 1.19 bits per heavy atom. The molecule has 0 unspecified atom stereocenters. The largest absolute Gasteiger partial charge is 0.367 e. The van der Waals surface area contributed by atoms with Crippen LogP contribution in [-0.2, 0) is 0 Å². The van der Waals surface area contributed by atoms with Crippen molar-refractivity contribution in [2.75, 3.05) is 31.1 Å². The van der Waals surface area contributed by atoms with Crippen LogP contribution in [0.4, 0.5) is 5.69 Å². The van der Waals surface area contributed by atoms with Crippen LogP contribution in [0.3, 0.4) is 0 Å². The number of carbonyl (C=O) groups is 1. The maximum Gasteiger partial charge on any atom is 0.254 e. The van der Waals surface area contributed by atoms with E-state index in [4.69, 9.17) is 11.6 Å². The summed E-state index contributed by atoms with van der Waals surface area (Å²) in [6.07, 6.45) is 0. The van der Waals surface area contributed by atoms with Gasteiger partial charge >= 0.3 is 0 Å². The molecule has 1 fully saturated rings. The van der Waals surface area contributed by atoms with Crippen molar-refractivity contribution in [1.29, 1.82) is 0 Å². The second-order valence-corrected chi connectivity index (χ2v) is 7.57. The van der Waals surface area contributed by atoms with E-state index in [1.165, 1.54) is 11.3 Å². The summed E-state index contributed by atoms with van der Waals surface area (Å²) in [5.74, 6) is 0.107. The minimum atomic E-state index is 0.107. The first-order valence-electron chi connectivity index (χ1n) is 6.68. The Labute approximate surface area is 141 Å². The predicted molar refractivity (Wildman–Crippen MR) is 91.6 cm³/mol. The van der Waals surface area contributed by atoms with Gasteiger partial charge in [-0.1, -0.05) is 23.7 Å². The number of para-hydroxylation sites is 1. The van der Waals surface area contributed by atoms with Crippen molar-refractivity contribution in [2.45, 2.75) is 0 Å². The lowest BCUT2D eigenvalue weighted by Crippen LogP contribution is -2.48. The Morgan fingerprint density at radius 2 is 1.90 bits per heavy atom. The van der Waals surface area contributed by atoms with Crippen LogP contribution in [-0.4, -0.2) is 37.0 Å². The number of hydrogen-bond donors (Lipinski definition) is 0. The van der Waals surface area contributed by atoms with E-state index >= 15 is 0 Å². The number of piperazine rings is 1. The molecule has 0 saturated carbocycles. The summed E-state index contributed by atoms with van der Waals surface area (Å²) in [5.41, 5.74) is 1.81. The summed E-state index contributed by atoms with van der Waals surface area (Å²) in [6, 6.07) is 9.72. The molecule has 0 aliphatic carbocycles. The molecule has 0 atom stereocenters. The first-order valence-corrected chi connectivity index (χ1v) is 8.73. The molecule has 1 aliphatic heterocycles. The fourth-order valence-corrected chi connectivity index (χ4v) is 3.85. The van der Waals surface area contributed by atoms with Crippen molar-refractivity contribution >= 4 is 50.5 Å². The molecule has 21 heavy (non-hydrogen) atoms. The lowest BCUT2D eigenvalue weighted by Gasteiger charge is -2.36. The fraction of sp³-hybridized carbons (Fsp3) is 0.267. The van der Waals surface area contributed by atoms with Crippen molar-refractivity contribution in [3.8, 4) is 0 Å². The predicted octanol–water partition coefficient (Wildman–Crippen LogP) is 4.13. The molecule has 110 valence electrons. The van der Waals surface area contributed by atoms with Crippen LogP contribution < -0.4 is 4.90 Å². The van der Waals surface area contributed by atoms with E-state index in [9.17, 15) is 4.79 Å². The summed E-state index contributed by atoms with van der Waals surface area (Å²) in [7, 11) is 0. The van der Waals surface area contributed by atoms with Crippen molar-refractivity contribution in [3.05, 3.63) is 50.1 Å². The van der Waals surface area contributed by atoms with Crippen LogP contribution in [0, 0.1) is 0 Å². The molecular weight excluding hydrogens is 372 g/mol. The minimum absolute atomic E-state index is 0.107. The molecule has 1 aliphatic rings. The van der Waals surface area contributed by atoms with Gasteiger partial charge in [0.15, 0.2) is 0 Å². The number of anilines is 1. The molecule has 0 bridgehead atoms. The Bertz CT molecular complexity index is 653. The fourth-order valence-electron chi connectivity index (χ4n) is 2.46. The third-order valence-corrected chi connectivity index (χ3v) is 5.40. The summed E-state index contributed by atoms with van der Waals surface area (Å²) in [6.45, 7) is 3.05. The molecule has 3 rings (SSSR count). The monoisotopic (exact) mass is 384 g/mol. The van der Waals surface area contributed by atoms with Crippen LogP contribution in [0.5, 0.6) is 0 Å². The van der Waals surface area contributed by atoms with Gasteiger partial charge in [-0.2, -0.15) is 0 Å². The number of amides is 1. The Hall–Kier alpha value is -1.04. The lowest BCUT2D eigenvalue weighted by atomic mass is 10.2.